The minimum atomic E-state index is -0.725. The first-order valence-electron chi connectivity index (χ1n) is 9.25. The molecule has 22 heavy (non-hydrogen) atoms. The van der Waals surface area contributed by atoms with Gasteiger partial charge in [-0.1, -0.05) is 13.8 Å². The maximum atomic E-state index is 12.1. The standard InChI is InChI=1S/C19H30O3/c1-18-7-5-12(20)9-11(18)3-4-13-14(18)6-8-19(2)15(13)10-16(21)17(19)22/h11-15,17,20,22H,3-10H2,1-2H3/t11-,12+,13?,14?,15?,17-,18-,19-/m0/s1. The Morgan fingerprint density at radius 1 is 0.955 bits per heavy atom. The fourth-order valence-corrected chi connectivity index (χ4v) is 7.00. The van der Waals surface area contributed by atoms with E-state index in [2.05, 4.69) is 13.8 Å². The van der Waals surface area contributed by atoms with Gasteiger partial charge < -0.3 is 10.2 Å². The fraction of sp³-hybridized carbons (Fsp3) is 0.947. The number of ketones is 1. The first-order chi connectivity index (χ1) is 10.4. The van der Waals surface area contributed by atoms with Gasteiger partial charge in [0.15, 0.2) is 5.78 Å². The van der Waals surface area contributed by atoms with Crippen molar-refractivity contribution >= 4 is 5.78 Å². The molecule has 0 spiro atoms. The van der Waals surface area contributed by atoms with Gasteiger partial charge in [0.05, 0.1) is 6.10 Å². The predicted molar refractivity (Wildman–Crippen MR) is 84.1 cm³/mol. The summed E-state index contributed by atoms with van der Waals surface area (Å²) in [6.07, 6.45) is 7.38. The highest BCUT2D eigenvalue weighted by atomic mass is 16.3. The van der Waals surface area contributed by atoms with Crippen LogP contribution in [0, 0.1) is 34.5 Å². The predicted octanol–water partition coefficient (Wildman–Crippen LogP) is 2.93. The normalized spacial score (nSPS) is 57.9. The van der Waals surface area contributed by atoms with E-state index in [1.165, 1.54) is 12.8 Å². The van der Waals surface area contributed by atoms with E-state index >= 15 is 0 Å². The van der Waals surface area contributed by atoms with E-state index < -0.39 is 6.10 Å². The fourth-order valence-electron chi connectivity index (χ4n) is 7.00. The molecule has 8 atom stereocenters. The van der Waals surface area contributed by atoms with E-state index in [1.54, 1.807) is 0 Å². The van der Waals surface area contributed by atoms with Gasteiger partial charge in [-0.05, 0) is 74.0 Å². The van der Waals surface area contributed by atoms with E-state index in [4.69, 9.17) is 0 Å². The molecule has 0 aliphatic heterocycles. The zero-order valence-electron chi connectivity index (χ0n) is 13.9. The highest BCUT2D eigenvalue weighted by Crippen LogP contribution is 2.65. The van der Waals surface area contributed by atoms with E-state index in [-0.39, 0.29) is 17.3 Å². The molecule has 4 saturated carbocycles. The second kappa shape index (κ2) is 4.80. The van der Waals surface area contributed by atoms with Crippen LogP contribution in [-0.2, 0) is 4.79 Å². The third-order valence-corrected chi connectivity index (χ3v) is 8.43. The highest BCUT2D eigenvalue weighted by Gasteiger charge is 2.62. The van der Waals surface area contributed by atoms with Gasteiger partial charge in [0.2, 0.25) is 0 Å². The lowest BCUT2D eigenvalue weighted by Gasteiger charge is -2.60. The molecule has 3 heteroatoms. The van der Waals surface area contributed by atoms with Crippen LogP contribution >= 0.6 is 0 Å². The zero-order valence-corrected chi connectivity index (χ0v) is 13.9. The molecule has 0 amide bonds. The van der Waals surface area contributed by atoms with Crippen LogP contribution in [0.4, 0.5) is 0 Å². The van der Waals surface area contributed by atoms with Gasteiger partial charge >= 0.3 is 0 Å². The average Bonchev–Trinajstić information content (AvgIpc) is 2.72. The Kier molecular flexibility index (Phi) is 3.30. The molecule has 0 aromatic heterocycles. The Hall–Kier alpha value is -0.410. The van der Waals surface area contributed by atoms with Crippen molar-refractivity contribution in [2.75, 3.05) is 0 Å². The molecular formula is C19H30O3. The van der Waals surface area contributed by atoms with Gasteiger partial charge in [0, 0.05) is 11.8 Å². The van der Waals surface area contributed by atoms with Crippen molar-refractivity contribution in [2.24, 2.45) is 34.5 Å². The van der Waals surface area contributed by atoms with Gasteiger partial charge in [0.1, 0.15) is 6.10 Å². The quantitative estimate of drug-likeness (QED) is 0.723. The SMILES string of the molecule is C[C@]12CCC3C(CC[C@H]4C[C@H](O)CC[C@]34C)C1CC(=O)[C@@H]2O. The molecule has 3 unspecified atom stereocenters. The van der Waals surface area contributed by atoms with Gasteiger partial charge in [-0.15, -0.1) is 0 Å². The molecule has 0 heterocycles. The molecule has 124 valence electrons. The minimum absolute atomic E-state index is 0.0829. The third-order valence-electron chi connectivity index (χ3n) is 8.43. The molecule has 0 saturated heterocycles. The van der Waals surface area contributed by atoms with Gasteiger partial charge in [-0.2, -0.15) is 0 Å². The largest absolute Gasteiger partial charge is 0.393 e. The van der Waals surface area contributed by atoms with Crippen LogP contribution in [0.1, 0.15) is 65.2 Å². The summed E-state index contributed by atoms with van der Waals surface area (Å²) >= 11 is 0. The summed E-state index contributed by atoms with van der Waals surface area (Å²) in [7, 11) is 0. The lowest BCUT2D eigenvalue weighted by molar-refractivity contribution is -0.138. The highest BCUT2D eigenvalue weighted by molar-refractivity contribution is 5.86. The topological polar surface area (TPSA) is 57.5 Å². The summed E-state index contributed by atoms with van der Waals surface area (Å²) in [6, 6.07) is 0. The number of Topliss-reactive ketones (excluding diaryl/α,β-unsaturated/α-hetero) is 1. The lowest BCUT2D eigenvalue weighted by atomic mass is 9.45. The van der Waals surface area contributed by atoms with E-state index in [1.807, 2.05) is 0 Å². The number of aliphatic hydroxyl groups is 2. The van der Waals surface area contributed by atoms with Crippen LogP contribution in [0.3, 0.4) is 0 Å². The van der Waals surface area contributed by atoms with Crippen molar-refractivity contribution in [2.45, 2.75) is 77.4 Å². The molecular weight excluding hydrogens is 276 g/mol. The Balaban J connectivity index is 1.64. The number of rotatable bonds is 0. The minimum Gasteiger partial charge on any atom is -0.393 e. The Labute approximate surface area is 133 Å². The van der Waals surface area contributed by atoms with Gasteiger partial charge in [0.25, 0.3) is 0 Å². The van der Waals surface area contributed by atoms with Crippen LogP contribution in [0.2, 0.25) is 0 Å². The Morgan fingerprint density at radius 2 is 1.68 bits per heavy atom. The lowest BCUT2D eigenvalue weighted by Crippen LogP contribution is -2.54. The number of carbonyl (C=O) groups is 1. The summed E-state index contributed by atoms with van der Waals surface area (Å²) < 4.78 is 0. The molecule has 4 aliphatic rings. The number of carbonyl (C=O) groups excluding carboxylic acids is 1. The maximum Gasteiger partial charge on any atom is 0.162 e. The van der Waals surface area contributed by atoms with Gasteiger partial charge in [-0.3, -0.25) is 4.79 Å². The molecule has 3 nitrogen and oxygen atoms in total. The molecule has 2 N–H and O–H groups in total. The Morgan fingerprint density at radius 3 is 2.45 bits per heavy atom. The van der Waals surface area contributed by atoms with E-state index in [0.717, 1.165) is 32.1 Å². The van der Waals surface area contributed by atoms with Crippen LogP contribution in [0.15, 0.2) is 0 Å². The van der Waals surface area contributed by atoms with Crippen molar-refractivity contribution in [3.63, 3.8) is 0 Å². The maximum absolute atomic E-state index is 12.1. The third kappa shape index (κ3) is 1.84. The molecule has 0 aromatic carbocycles. The smallest absolute Gasteiger partial charge is 0.162 e. The van der Waals surface area contributed by atoms with Crippen LogP contribution in [-0.4, -0.2) is 28.2 Å². The molecule has 4 aliphatic carbocycles. The number of hydrogen-bond acceptors (Lipinski definition) is 3. The van der Waals surface area contributed by atoms with Crippen molar-refractivity contribution < 1.29 is 15.0 Å². The molecule has 0 bridgehead atoms. The number of fused-ring (bicyclic) bond motifs is 5. The zero-order chi connectivity index (χ0) is 15.7. The van der Waals surface area contributed by atoms with Crippen molar-refractivity contribution in [3.05, 3.63) is 0 Å². The van der Waals surface area contributed by atoms with Crippen molar-refractivity contribution in [1.82, 2.24) is 0 Å². The van der Waals surface area contributed by atoms with Crippen molar-refractivity contribution in [1.29, 1.82) is 0 Å². The summed E-state index contributed by atoms with van der Waals surface area (Å²) in [5.74, 6) is 2.42. The van der Waals surface area contributed by atoms with Crippen LogP contribution in [0.5, 0.6) is 0 Å². The Bertz CT molecular complexity index is 489. The van der Waals surface area contributed by atoms with Crippen molar-refractivity contribution in [3.8, 4) is 0 Å². The van der Waals surface area contributed by atoms with Gasteiger partial charge in [-0.25, -0.2) is 0 Å². The summed E-state index contributed by atoms with van der Waals surface area (Å²) in [6.45, 7) is 4.61. The molecule has 4 fully saturated rings. The van der Waals surface area contributed by atoms with Crippen LogP contribution < -0.4 is 0 Å². The summed E-state index contributed by atoms with van der Waals surface area (Å²) in [5, 5.41) is 20.4. The number of aliphatic hydroxyl groups excluding tert-OH is 2. The second-order valence-corrected chi connectivity index (χ2v) is 9.20. The first kappa shape index (κ1) is 15.1. The molecule has 0 aromatic rings. The van der Waals surface area contributed by atoms with Crippen LogP contribution in [0.25, 0.3) is 0 Å². The number of hydrogen-bond donors (Lipinski definition) is 2. The molecule has 4 rings (SSSR count). The second-order valence-electron chi connectivity index (χ2n) is 9.20. The van der Waals surface area contributed by atoms with E-state index in [9.17, 15) is 15.0 Å². The molecule has 0 radical (unpaired) electrons. The summed E-state index contributed by atoms with van der Waals surface area (Å²) in [4.78, 5) is 12.1. The summed E-state index contributed by atoms with van der Waals surface area (Å²) in [5.41, 5.74) is 0.176. The van der Waals surface area contributed by atoms with E-state index in [0.29, 0.717) is 35.5 Å². The average molecular weight is 306 g/mol. The first-order valence-corrected chi connectivity index (χ1v) is 9.25. The monoisotopic (exact) mass is 306 g/mol.